The molecule has 1 aromatic carbocycles. The molecular weight excluding hydrogens is 258 g/mol. The fourth-order valence-electron chi connectivity index (χ4n) is 3.34. The second-order valence-electron chi connectivity index (χ2n) is 5.55. The van der Waals surface area contributed by atoms with Crippen LogP contribution in [0.15, 0.2) is 18.2 Å². The van der Waals surface area contributed by atoms with Crippen molar-refractivity contribution in [1.29, 1.82) is 0 Å². The summed E-state index contributed by atoms with van der Waals surface area (Å²) < 4.78 is 2.19. The molecule has 1 saturated carbocycles. The second-order valence-corrected chi connectivity index (χ2v) is 5.99. The van der Waals surface area contributed by atoms with Crippen molar-refractivity contribution in [3.63, 3.8) is 0 Å². The molecule has 1 aliphatic rings. The molecule has 3 nitrogen and oxygen atoms in total. The molecule has 102 valence electrons. The second kappa shape index (κ2) is 5.14. The predicted octanol–water partition coefficient (Wildman–Crippen LogP) is 3.46. The number of imidazole rings is 1. The van der Waals surface area contributed by atoms with Gasteiger partial charge < -0.3 is 10.3 Å². The summed E-state index contributed by atoms with van der Waals surface area (Å²) >= 11 is 6.08. The maximum absolute atomic E-state index is 6.08. The van der Waals surface area contributed by atoms with E-state index in [4.69, 9.17) is 22.3 Å². The van der Waals surface area contributed by atoms with Gasteiger partial charge in [-0.3, -0.25) is 0 Å². The molecule has 2 aromatic rings. The van der Waals surface area contributed by atoms with Crippen molar-refractivity contribution in [1.82, 2.24) is 9.55 Å². The van der Waals surface area contributed by atoms with Gasteiger partial charge in [-0.2, -0.15) is 0 Å². The van der Waals surface area contributed by atoms with Crippen LogP contribution in [-0.2, 0) is 7.05 Å². The lowest BCUT2D eigenvalue weighted by Gasteiger charge is -2.30. The van der Waals surface area contributed by atoms with Gasteiger partial charge in [0.1, 0.15) is 5.82 Å². The van der Waals surface area contributed by atoms with E-state index in [-0.39, 0.29) is 0 Å². The number of aromatic nitrogens is 2. The number of aryl methyl sites for hydroxylation is 1. The number of benzene rings is 1. The van der Waals surface area contributed by atoms with Gasteiger partial charge in [0, 0.05) is 18.0 Å². The Balaban J connectivity index is 2.06. The van der Waals surface area contributed by atoms with Crippen LogP contribution in [0.25, 0.3) is 11.0 Å². The van der Waals surface area contributed by atoms with Crippen LogP contribution in [0.1, 0.15) is 37.4 Å². The average molecular weight is 278 g/mol. The first kappa shape index (κ1) is 12.9. The SMILES string of the molecule is Cn1c(C2CCCCC2CN)nc2ccc(Cl)cc21. The van der Waals surface area contributed by atoms with E-state index in [0.717, 1.165) is 22.6 Å². The van der Waals surface area contributed by atoms with Crippen molar-refractivity contribution in [2.45, 2.75) is 31.6 Å². The molecule has 1 heterocycles. The normalized spacial score (nSPS) is 23.9. The molecular formula is C15H20ClN3. The zero-order valence-electron chi connectivity index (χ0n) is 11.3. The number of hydrogen-bond acceptors (Lipinski definition) is 2. The Morgan fingerprint density at radius 2 is 2.16 bits per heavy atom. The van der Waals surface area contributed by atoms with Gasteiger partial charge in [0.25, 0.3) is 0 Å². The topological polar surface area (TPSA) is 43.8 Å². The van der Waals surface area contributed by atoms with Crippen LogP contribution in [-0.4, -0.2) is 16.1 Å². The lowest BCUT2D eigenvalue weighted by atomic mass is 9.79. The molecule has 0 saturated heterocycles. The zero-order chi connectivity index (χ0) is 13.4. The van der Waals surface area contributed by atoms with Crippen molar-refractivity contribution in [2.75, 3.05) is 6.54 Å². The molecule has 19 heavy (non-hydrogen) atoms. The quantitative estimate of drug-likeness (QED) is 0.914. The summed E-state index contributed by atoms with van der Waals surface area (Å²) in [7, 11) is 2.09. The maximum atomic E-state index is 6.08. The van der Waals surface area contributed by atoms with Gasteiger partial charge in [0.15, 0.2) is 0 Å². The van der Waals surface area contributed by atoms with Crippen LogP contribution in [0, 0.1) is 5.92 Å². The van der Waals surface area contributed by atoms with Gasteiger partial charge in [0.2, 0.25) is 0 Å². The van der Waals surface area contributed by atoms with E-state index in [1.54, 1.807) is 0 Å². The van der Waals surface area contributed by atoms with Crippen LogP contribution < -0.4 is 5.73 Å². The van der Waals surface area contributed by atoms with Crippen molar-refractivity contribution in [3.8, 4) is 0 Å². The van der Waals surface area contributed by atoms with Gasteiger partial charge in [-0.15, -0.1) is 0 Å². The van der Waals surface area contributed by atoms with Crippen LogP contribution in [0.5, 0.6) is 0 Å². The van der Waals surface area contributed by atoms with Crippen molar-refractivity contribution in [2.24, 2.45) is 18.7 Å². The summed E-state index contributed by atoms with van der Waals surface area (Å²) in [5.41, 5.74) is 8.09. The monoisotopic (exact) mass is 277 g/mol. The first-order valence-electron chi connectivity index (χ1n) is 7.02. The number of rotatable bonds is 2. The predicted molar refractivity (Wildman–Crippen MR) is 79.5 cm³/mol. The number of nitrogens with zero attached hydrogens (tertiary/aromatic N) is 2. The number of fused-ring (bicyclic) bond motifs is 1. The van der Waals surface area contributed by atoms with E-state index >= 15 is 0 Å². The van der Waals surface area contributed by atoms with E-state index in [9.17, 15) is 0 Å². The lowest BCUT2D eigenvalue weighted by Crippen LogP contribution is -2.27. The van der Waals surface area contributed by atoms with E-state index in [0.29, 0.717) is 11.8 Å². The molecule has 4 heteroatoms. The molecule has 3 rings (SSSR count). The minimum atomic E-state index is 0.495. The van der Waals surface area contributed by atoms with Crippen LogP contribution in [0.4, 0.5) is 0 Å². The number of hydrogen-bond donors (Lipinski definition) is 1. The molecule has 1 fully saturated rings. The van der Waals surface area contributed by atoms with E-state index < -0.39 is 0 Å². The Hall–Kier alpha value is -1.06. The fourth-order valence-corrected chi connectivity index (χ4v) is 3.51. The van der Waals surface area contributed by atoms with Gasteiger partial charge >= 0.3 is 0 Å². The highest BCUT2D eigenvalue weighted by atomic mass is 35.5. The van der Waals surface area contributed by atoms with Gasteiger partial charge in [-0.1, -0.05) is 24.4 Å². The van der Waals surface area contributed by atoms with E-state index in [1.165, 1.54) is 31.5 Å². The summed E-state index contributed by atoms with van der Waals surface area (Å²) in [5.74, 6) is 2.24. The molecule has 1 aromatic heterocycles. The Labute approximate surface area is 118 Å². The summed E-state index contributed by atoms with van der Waals surface area (Å²) in [4.78, 5) is 4.82. The zero-order valence-corrected chi connectivity index (χ0v) is 12.0. The summed E-state index contributed by atoms with van der Waals surface area (Å²) in [6.07, 6.45) is 5.01. The Morgan fingerprint density at radius 1 is 1.37 bits per heavy atom. The standard InChI is InChI=1S/C15H20ClN3/c1-19-14-8-11(16)6-7-13(14)18-15(19)12-5-3-2-4-10(12)9-17/h6-8,10,12H,2-5,9,17H2,1H3. The summed E-state index contributed by atoms with van der Waals surface area (Å²) in [5, 5.41) is 0.765. The molecule has 1 aliphatic carbocycles. The Kier molecular flexibility index (Phi) is 3.50. The lowest BCUT2D eigenvalue weighted by molar-refractivity contribution is 0.301. The third-order valence-electron chi connectivity index (χ3n) is 4.42. The first-order chi connectivity index (χ1) is 9.20. The van der Waals surface area contributed by atoms with Crippen molar-refractivity contribution < 1.29 is 0 Å². The van der Waals surface area contributed by atoms with Crippen LogP contribution in [0.2, 0.25) is 5.02 Å². The number of halogens is 1. The van der Waals surface area contributed by atoms with Gasteiger partial charge in [-0.05, 0) is 43.5 Å². The minimum absolute atomic E-state index is 0.495. The minimum Gasteiger partial charge on any atom is -0.331 e. The largest absolute Gasteiger partial charge is 0.331 e. The Bertz CT molecular complexity index is 590. The molecule has 0 aliphatic heterocycles. The number of nitrogens with two attached hydrogens (primary N) is 1. The fraction of sp³-hybridized carbons (Fsp3) is 0.533. The molecule has 2 atom stereocenters. The molecule has 0 spiro atoms. The van der Waals surface area contributed by atoms with E-state index in [2.05, 4.69) is 11.6 Å². The van der Waals surface area contributed by atoms with Crippen molar-refractivity contribution in [3.05, 3.63) is 29.0 Å². The molecule has 2 unspecified atom stereocenters. The van der Waals surface area contributed by atoms with Crippen LogP contribution in [0.3, 0.4) is 0 Å². The summed E-state index contributed by atoms with van der Waals surface area (Å²) in [6.45, 7) is 0.759. The first-order valence-corrected chi connectivity index (χ1v) is 7.40. The highest BCUT2D eigenvalue weighted by Gasteiger charge is 2.29. The maximum Gasteiger partial charge on any atom is 0.113 e. The van der Waals surface area contributed by atoms with E-state index in [1.807, 2.05) is 18.2 Å². The smallest absolute Gasteiger partial charge is 0.113 e. The molecule has 0 bridgehead atoms. The average Bonchev–Trinajstić information content (AvgIpc) is 2.76. The Morgan fingerprint density at radius 3 is 2.95 bits per heavy atom. The molecule has 2 N–H and O–H groups in total. The summed E-state index contributed by atoms with van der Waals surface area (Å²) in [6, 6.07) is 5.90. The third kappa shape index (κ3) is 2.26. The highest BCUT2D eigenvalue weighted by Crippen LogP contribution is 2.37. The third-order valence-corrected chi connectivity index (χ3v) is 4.66. The molecule has 0 amide bonds. The van der Waals surface area contributed by atoms with Crippen molar-refractivity contribution >= 4 is 22.6 Å². The van der Waals surface area contributed by atoms with Gasteiger partial charge in [-0.25, -0.2) is 4.98 Å². The molecule has 0 radical (unpaired) electrons. The van der Waals surface area contributed by atoms with Crippen LogP contribution >= 0.6 is 11.6 Å². The highest BCUT2D eigenvalue weighted by molar-refractivity contribution is 6.31. The van der Waals surface area contributed by atoms with Gasteiger partial charge in [0.05, 0.1) is 11.0 Å².